The average molecular weight is 244 g/mol. The molecule has 0 atom stereocenters. The van der Waals surface area contributed by atoms with Crippen LogP contribution in [-0.4, -0.2) is 13.1 Å². The van der Waals surface area contributed by atoms with Crippen molar-refractivity contribution < 1.29 is 9.53 Å². The Bertz CT molecular complexity index is 507. The first-order chi connectivity index (χ1) is 8.34. The Morgan fingerprint density at radius 1 is 1.00 bits per heavy atom. The van der Waals surface area contributed by atoms with Crippen LogP contribution < -0.4 is 0 Å². The Morgan fingerprint density at radius 3 is 2.06 bits per heavy atom. The van der Waals surface area contributed by atoms with E-state index in [4.69, 9.17) is 4.74 Å². The third kappa shape index (κ3) is 1.52. The largest absolute Gasteiger partial charge is 0.466 e. The van der Waals surface area contributed by atoms with Crippen LogP contribution in [0.15, 0.2) is 35.9 Å². The van der Waals surface area contributed by atoms with Gasteiger partial charge < -0.3 is 4.74 Å². The third-order valence-corrected chi connectivity index (χ3v) is 4.51. The minimum absolute atomic E-state index is 0.0299. The lowest BCUT2D eigenvalue weighted by atomic mass is 9.48. The summed E-state index contributed by atoms with van der Waals surface area (Å²) < 4.78 is 4.94. The van der Waals surface area contributed by atoms with Crippen molar-refractivity contribution in [3.8, 4) is 0 Å². The van der Waals surface area contributed by atoms with Crippen LogP contribution in [0.3, 0.4) is 0 Å². The fraction of sp³-hybridized carbons (Fsp3) is 0.438. The highest BCUT2D eigenvalue weighted by Gasteiger charge is 2.56. The summed E-state index contributed by atoms with van der Waals surface area (Å²) in [5.74, 6) is -0.210. The SMILES string of the molecule is COC(=O)C1=C(c2ccccc2)C(C)(C)C1(C)C. The molecule has 2 rings (SSSR count). The molecule has 0 unspecified atom stereocenters. The van der Waals surface area contributed by atoms with E-state index < -0.39 is 0 Å². The number of ether oxygens (including phenoxy) is 1. The van der Waals surface area contributed by atoms with E-state index in [1.807, 2.05) is 18.2 Å². The minimum Gasteiger partial charge on any atom is -0.466 e. The molecule has 0 N–H and O–H groups in total. The molecule has 0 bridgehead atoms. The van der Waals surface area contributed by atoms with Gasteiger partial charge in [0, 0.05) is 16.4 Å². The molecule has 2 heteroatoms. The van der Waals surface area contributed by atoms with Gasteiger partial charge in [0.1, 0.15) is 0 Å². The quantitative estimate of drug-likeness (QED) is 0.742. The molecule has 1 aromatic rings. The van der Waals surface area contributed by atoms with Crippen LogP contribution in [0, 0.1) is 10.8 Å². The van der Waals surface area contributed by atoms with Gasteiger partial charge in [-0.2, -0.15) is 0 Å². The number of methoxy groups -OCH3 is 1. The summed E-state index contributed by atoms with van der Waals surface area (Å²) in [6.07, 6.45) is 0. The average Bonchev–Trinajstić information content (AvgIpc) is 2.35. The van der Waals surface area contributed by atoms with Crippen molar-refractivity contribution in [3.05, 3.63) is 41.5 Å². The zero-order valence-corrected chi connectivity index (χ0v) is 11.7. The predicted molar refractivity (Wildman–Crippen MR) is 72.9 cm³/mol. The molecule has 0 aromatic heterocycles. The Morgan fingerprint density at radius 2 is 1.56 bits per heavy atom. The molecule has 0 saturated heterocycles. The first kappa shape index (κ1) is 12.9. The second-order valence-corrected chi connectivity index (χ2v) is 5.86. The van der Waals surface area contributed by atoms with Gasteiger partial charge >= 0.3 is 5.97 Å². The second-order valence-electron chi connectivity index (χ2n) is 5.86. The topological polar surface area (TPSA) is 26.3 Å². The maximum absolute atomic E-state index is 12.0. The lowest BCUT2D eigenvalue weighted by molar-refractivity contribution is -0.138. The van der Waals surface area contributed by atoms with Crippen LogP contribution in [0.25, 0.3) is 5.57 Å². The van der Waals surface area contributed by atoms with Crippen LogP contribution in [0.1, 0.15) is 33.3 Å². The van der Waals surface area contributed by atoms with E-state index in [1.165, 1.54) is 7.11 Å². The maximum Gasteiger partial charge on any atom is 0.334 e. The van der Waals surface area contributed by atoms with E-state index in [9.17, 15) is 4.79 Å². The van der Waals surface area contributed by atoms with Crippen LogP contribution in [-0.2, 0) is 9.53 Å². The van der Waals surface area contributed by atoms with Crippen molar-refractivity contribution in [2.75, 3.05) is 7.11 Å². The van der Waals surface area contributed by atoms with Crippen molar-refractivity contribution in [2.45, 2.75) is 27.7 Å². The molecule has 96 valence electrons. The Kier molecular flexibility index (Phi) is 2.84. The summed E-state index contributed by atoms with van der Waals surface area (Å²) in [4.78, 5) is 12.0. The summed E-state index contributed by atoms with van der Waals surface area (Å²) in [5, 5.41) is 0. The molecule has 0 heterocycles. The summed E-state index contributed by atoms with van der Waals surface area (Å²) in [7, 11) is 1.44. The first-order valence-electron chi connectivity index (χ1n) is 6.23. The molecule has 0 spiro atoms. The van der Waals surface area contributed by atoms with Gasteiger partial charge in [0.15, 0.2) is 0 Å². The Balaban J connectivity index is 2.63. The highest BCUT2D eigenvalue weighted by Crippen LogP contribution is 2.63. The molecular weight excluding hydrogens is 224 g/mol. The number of rotatable bonds is 2. The highest BCUT2D eigenvalue weighted by atomic mass is 16.5. The number of esters is 1. The normalized spacial score (nSPS) is 20.3. The number of allylic oxidation sites excluding steroid dienone is 1. The molecule has 0 amide bonds. The third-order valence-electron chi connectivity index (χ3n) is 4.51. The summed E-state index contributed by atoms with van der Waals surface area (Å²) in [5.41, 5.74) is 2.84. The fourth-order valence-electron chi connectivity index (χ4n) is 2.76. The molecule has 0 fully saturated rings. The molecule has 0 aliphatic heterocycles. The van der Waals surface area contributed by atoms with E-state index in [-0.39, 0.29) is 16.8 Å². The van der Waals surface area contributed by atoms with E-state index in [1.54, 1.807) is 0 Å². The second kappa shape index (κ2) is 3.98. The maximum atomic E-state index is 12.0. The molecule has 0 radical (unpaired) electrons. The van der Waals surface area contributed by atoms with Gasteiger partial charge in [0.25, 0.3) is 0 Å². The number of benzene rings is 1. The van der Waals surface area contributed by atoms with Crippen LogP contribution in [0.2, 0.25) is 0 Å². The Hall–Kier alpha value is -1.57. The number of hydrogen-bond acceptors (Lipinski definition) is 2. The lowest BCUT2D eigenvalue weighted by Crippen LogP contribution is -2.48. The van der Waals surface area contributed by atoms with Crippen molar-refractivity contribution in [1.82, 2.24) is 0 Å². The minimum atomic E-state index is -0.210. The molecule has 2 nitrogen and oxygen atoms in total. The smallest absolute Gasteiger partial charge is 0.334 e. The highest BCUT2D eigenvalue weighted by molar-refractivity contribution is 6.05. The zero-order valence-electron chi connectivity index (χ0n) is 11.7. The van der Waals surface area contributed by atoms with Crippen LogP contribution in [0.4, 0.5) is 0 Å². The van der Waals surface area contributed by atoms with E-state index in [2.05, 4.69) is 39.8 Å². The lowest BCUT2D eigenvalue weighted by Gasteiger charge is -2.54. The fourth-order valence-corrected chi connectivity index (χ4v) is 2.76. The van der Waals surface area contributed by atoms with Crippen molar-refractivity contribution >= 4 is 11.5 Å². The standard InChI is InChI=1S/C16H20O2/c1-15(2)12(11-9-7-6-8-10-11)13(14(17)18-5)16(15,3)4/h6-10H,1-5H3. The van der Waals surface area contributed by atoms with Crippen molar-refractivity contribution in [1.29, 1.82) is 0 Å². The van der Waals surface area contributed by atoms with Gasteiger partial charge in [-0.1, -0.05) is 58.0 Å². The number of carbonyl (C=O) groups excluding carboxylic acids is 1. The molecule has 18 heavy (non-hydrogen) atoms. The summed E-state index contributed by atoms with van der Waals surface area (Å²) in [6, 6.07) is 10.1. The zero-order chi connectivity index (χ0) is 13.6. The van der Waals surface area contributed by atoms with Crippen molar-refractivity contribution in [3.63, 3.8) is 0 Å². The number of hydrogen-bond donors (Lipinski definition) is 0. The van der Waals surface area contributed by atoms with Crippen LogP contribution >= 0.6 is 0 Å². The molecule has 1 aliphatic rings. The summed E-state index contributed by atoms with van der Waals surface area (Å²) >= 11 is 0. The molecule has 1 aliphatic carbocycles. The van der Waals surface area contributed by atoms with E-state index in [0.29, 0.717) is 0 Å². The molecular formula is C16H20O2. The van der Waals surface area contributed by atoms with Gasteiger partial charge in [0.05, 0.1) is 7.11 Å². The predicted octanol–water partition coefficient (Wildman–Crippen LogP) is 3.68. The van der Waals surface area contributed by atoms with Crippen molar-refractivity contribution in [2.24, 2.45) is 10.8 Å². The number of carbonyl (C=O) groups is 1. The van der Waals surface area contributed by atoms with Gasteiger partial charge in [-0.15, -0.1) is 0 Å². The van der Waals surface area contributed by atoms with Gasteiger partial charge in [0.2, 0.25) is 0 Å². The molecule has 0 saturated carbocycles. The van der Waals surface area contributed by atoms with Gasteiger partial charge in [-0.05, 0) is 11.1 Å². The van der Waals surface area contributed by atoms with Crippen LogP contribution in [0.5, 0.6) is 0 Å². The van der Waals surface area contributed by atoms with E-state index in [0.717, 1.165) is 16.7 Å². The first-order valence-corrected chi connectivity index (χ1v) is 6.23. The monoisotopic (exact) mass is 244 g/mol. The van der Waals surface area contributed by atoms with Gasteiger partial charge in [-0.25, -0.2) is 4.79 Å². The Labute approximate surface area is 109 Å². The van der Waals surface area contributed by atoms with E-state index >= 15 is 0 Å². The van der Waals surface area contributed by atoms with Gasteiger partial charge in [-0.3, -0.25) is 0 Å². The summed E-state index contributed by atoms with van der Waals surface area (Å²) in [6.45, 7) is 8.57. The molecule has 1 aromatic carbocycles.